The molecule has 2 aliphatic rings. The topological polar surface area (TPSA) is 49.8 Å². The van der Waals surface area contributed by atoms with Gasteiger partial charge in [-0.1, -0.05) is 6.42 Å². The van der Waals surface area contributed by atoms with Crippen molar-refractivity contribution in [1.82, 2.24) is 9.97 Å². The molecule has 1 heterocycles. The van der Waals surface area contributed by atoms with Gasteiger partial charge in [0, 0.05) is 19.3 Å². The maximum absolute atomic E-state index is 4.43. The normalized spacial score (nSPS) is 31.3. The van der Waals surface area contributed by atoms with E-state index in [4.69, 9.17) is 0 Å². The smallest absolute Gasteiger partial charge is 0.224 e. The van der Waals surface area contributed by atoms with Crippen LogP contribution >= 0.6 is 0 Å². The van der Waals surface area contributed by atoms with Crippen molar-refractivity contribution >= 4 is 11.8 Å². The molecule has 0 amide bonds. The van der Waals surface area contributed by atoms with Crippen molar-refractivity contribution in [2.75, 3.05) is 17.7 Å². The fraction of sp³-hybridized carbons (Fsp3) is 0.714. The van der Waals surface area contributed by atoms with Crippen molar-refractivity contribution < 1.29 is 0 Å². The summed E-state index contributed by atoms with van der Waals surface area (Å²) in [5.74, 6) is 4.40. The summed E-state index contributed by atoms with van der Waals surface area (Å²) in [6, 6.07) is 2.46. The first-order chi connectivity index (χ1) is 8.76. The summed E-state index contributed by atoms with van der Waals surface area (Å²) < 4.78 is 0. The van der Waals surface area contributed by atoms with E-state index in [9.17, 15) is 0 Å². The molecule has 98 valence electrons. The maximum Gasteiger partial charge on any atom is 0.224 e. The average Bonchev–Trinajstić information content (AvgIpc) is 3.01. The van der Waals surface area contributed by atoms with E-state index < -0.39 is 0 Å². The van der Waals surface area contributed by atoms with E-state index in [1.807, 2.05) is 13.1 Å². The zero-order valence-corrected chi connectivity index (χ0v) is 11.2. The zero-order valence-electron chi connectivity index (χ0n) is 11.2. The Morgan fingerprint density at radius 2 is 2.22 bits per heavy atom. The molecule has 4 nitrogen and oxygen atoms in total. The summed E-state index contributed by atoms with van der Waals surface area (Å²) in [6.07, 6.45) is 7.57. The predicted molar refractivity (Wildman–Crippen MR) is 73.6 cm³/mol. The summed E-state index contributed by atoms with van der Waals surface area (Å²) >= 11 is 0. The summed E-state index contributed by atoms with van der Waals surface area (Å²) in [7, 11) is 1.85. The van der Waals surface area contributed by atoms with Crippen LogP contribution in [0.2, 0.25) is 0 Å². The molecule has 0 spiro atoms. The Morgan fingerprint density at radius 1 is 1.33 bits per heavy atom. The number of hydrogen-bond donors (Lipinski definition) is 2. The fourth-order valence-electron chi connectivity index (χ4n) is 3.81. The second-order valence-electron chi connectivity index (χ2n) is 5.79. The third-order valence-electron chi connectivity index (χ3n) is 4.69. The minimum absolute atomic E-state index is 0.514. The number of nitrogens with one attached hydrogen (secondary N) is 2. The van der Waals surface area contributed by atoms with Crippen LogP contribution in [0.15, 0.2) is 12.3 Å². The highest BCUT2D eigenvalue weighted by molar-refractivity contribution is 5.40. The third kappa shape index (κ3) is 2.16. The first-order valence-electron chi connectivity index (χ1n) is 7.03. The quantitative estimate of drug-likeness (QED) is 0.857. The van der Waals surface area contributed by atoms with Gasteiger partial charge in [0.05, 0.1) is 0 Å². The molecular formula is C14H22N4. The second kappa shape index (κ2) is 4.75. The van der Waals surface area contributed by atoms with E-state index in [1.165, 1.54) is 25.7 Å². The predicted octanol–water partition coefficient (Wildman–Crippen LogP) is 2.75. The van der Waals surface area contributed by atoms with Crippen LogP contribution < -0.4 is 10.6 Å². The lowest BCUT2D eigenvalue weighted by atomic mass is 9.84. The van der Waals surface area contributed by atoms with Crippen LogP contribution in [0.5, 0.6) is 0 Å². The lowest BCUT2D eigenvalue weighted by Gasteiger charge is -2.28. The van der Waals surface area contributed by atoms with Crippen molar-refractivity contribution in [3.05, 3.63) is 12.3 Å². The van der Waals surface area contributed by atoms with Crippen LogP contribution in [0.25, 0.3) is 0 Å². The van der Waals surface area contributed by atoms with Crippen LogP contribution in [0.3, 0.4) is 0 Å². The molecule has 3 rings (SSSR count). The summed E-state index contributed by atoms with van der Waals surface area (Å²) in [6.45, 7) is 2.30. The maximum atomic E-state index is 4.43. The van der Waals surface area contributed by atoms with Crippen molar-refractivity contribution in [2.45, 2.75) is 38.6 Å². The molecule has 2 fully saturated rings. The lowest BCUT2D eigenvalue weighted by Crippen LogP contribution is -2.30. The van der Waals surface area contributed by atoms with Crippen LogP contribution in [0.1, 0.15) is 32.6 Å². The van der Waals surface area contributed by atoms with Gasteiger partial charge >= 0.3 is 0 Å². The summed E-state index contributed by atoms with van der Waals surface area (Å²) in [5.41, 5.74) is 0. The first kappa shape index (κ1) is 11.8. The molecule has 2 bridgehead atoms. The molecule has 4 atom stereocenters. The molecule has 1 aromatic heterocycles. The van der Waals surface area contributed by atoms with Crippen LogP contribution in [-0.4, -0.2) is 23.1 Å². The Balaban J connectivity index is 1.65. The van der Waals surface area contributed by atoms with E-state index in [0.717, 1.165) is 23.6 Å². The lowest BCUT2D eigenvalue weighted by molar-refractivity contribution is 0.304. The molecule has 0 aromatic carbocycles. The molecule has 0 saturated heterocycles. The molecule has 18 heavy (non-hydrogen) atoms. The van der Waals surface area contributed by atoms with E-state index in [0.29, 0.717) is 12.0 Å². The first-order valence-corrected chi connectivity index (χ1v) is 7.03. The van der Waals surface area contributed by atoms with Crippen molar-refractivity contribution in [1.29, 1.82) is 0 Å². The molecule has 4 heteroatoms. The molecule has 2 N–H and O–H groups in total. The zero-order chi connectivity index (χ0) is 12.5. The SMILES string of the molecule is CNc1nccc(NC(C)C2CC3CCC2C3)n1. The van der Waals surface area contributed by atoms with E-state index in [2.05, 4.69) is 27.5 Å². The number of fused-ring (bicyclic) bond motifs is 2. The Labute approximate surface area is 109 Å². The van der Waals surface area contributed by atoms with Crippen LogP contribution in [0.4, 0.5) is 11.8 Å². The van der Waals surface area contributed by atoms with Gasteiger partial charge in [0.2, 0.25) is 5.95 Å². The minimum Gasteiger partial charge on any atom is -0.367 e. The number of hydrogen-bond acceptors (Lipinski definition) is 4. The minimum atomic E-state index is 0.514. The van der Waals surface area contributed by atoms with Gasteiger partial charge in [-0.3, -0.25) is 0 Å². The number of anilines is 2. The van der Waals surface area contributed by atoms with Gasteiger partial charge in [0.1, 0.15) is 5.82 Å². The summed E-state index contributed by atoms with van der Waals surface area (Å²) in [4.78, 5) is 8.57. The van der Waals surface area contributed by atoms with E-state index >= 15 is 0 Å². The Hall–Kier alpha value is -1.32. The molecule has 0 radical (unpaired) electrons. The largest absolute Gasteiger partial charge is 0.367 e. The van der Waals surface area contributed by atoms with E-state index in [-0.39, 0.29) is 0 Å². The van der Waals surface area contributed by atoms with Gasteiger partial charge < -0.3 is 10.6 Å². The van der Waals surface area contributed by atoms with Gasteiger partial charge in [-0.25, -0.2) is 4.98 Å². The third-order valence-corrected chi connectivity index (χ3v) is 4.69. The molecule has 4 unspecified atom stereocenters. The standard InChI is InChI=1S/C14H22N4/c1-9(12-8-10-3-4-11(12)7-10)17-13-5-6-16-14(15-2)18-13/h5-6,9-12H,3-4,7-8H2,1-2H3,(H2,15,16,17,18). The highest BCUT2D eigenvalue weighted by Gasteiger charge is 2.41. The Kier molecular flexibility index (Phi) is 3.10. The monoisotopic (exact) mass is 246 g/mol. The number of nitrogens with zero attached hydrogens (tertiary/aromatic N) is 2. The molecule has 0 aliphatic heterocycles. The number of rotatable bonds is 4. The van der Waals surface area contributed by atoms with Gasteiger partial charge in [-0.2, -0.15) is 4.98 Å². The van der Waals surface area contributed by atoms with Crippen molar-refractivity contribution in [3.8, 4) is 0 Å². The average molecular weight is 246 g/mol. The van der Waals surface area contributed by atoms with Crippen molar-refractivity contribution in [2.24, 2.45) is 17.8 Å². The molecule has 1 aromatic rings. The fourth-order valence-corrected chi connectivity index (χ4v) is 3.81. The van der Waals surface area contributed by atoms with Gasteiger partial charge in [0.15, 0.2) is 0 Å². The summed E-state index contributed by atoms with van der Waals surface area (Å²) in [5, 5.41) is 6.53. The molecule has 2 saturated carbocycles. The Bertz CT molecular complexity index is 420. The molecule has 2 aliphatic carbocycles. The van der Waals surface area contributed by atoms with Gasteiger partial charge in [0.25, 0.3) is 0 Å². The van der Waals surface area contributed by atoms with E-state index in [1.54, 1.807) is 6.20 Å². The molecular weight excluding hydrogens is 224 g/mol. The van der Waals surface area contributed by atoms with Gasteiger partial charge in [-0.05, 0) is 50.0 Å². The van der Waals surface area contributed by atoms with Crippen LogP contribution in [0, 0.1) is 17.8 Å². The Morgan fingerprint density at radius 3 is 2.89 bits per heavy atom. The number of aromatic nitrogens is 2. The van der Waals surface area contributed by atoms with Gasteiger partial charge in [-0.15, -0.1) is 0 Å². The highest BCUT2D eigenvalue weighted by Crippen LogP contribution is 2.49. The van der Waals surface area contributed by atoms with Crippen LogP contribution in [-0.2, 0) is 0 Å². The second-order valence-corrected chi connectivity index (χ2v) is 5.79. The van der Waals surface area contributed by atoms with Crippen molar-refractivity contribution in [3.63, 3.8) is 0 Å². The highest BCUT2D eigenvalue weighted by atomic mass is 15.1.